The molecular formula is C25H27N5O2S3. The number of nitrogens with zero attached hydrogens (tertiary/aromatic N) is 4. The van der Waals surface area contributed by atoms with Gasteiger partial charge in [0, 0.05) is 33.4 Å². The standard InChI is InChI=1S/C25H27N5O2S3/c1-3-20-11-18(13-33-20)23-28-29-25(30(23)12-19-5-4-10-32-19)35-15-22(31)27-24-26-21(14-34-24)17-8-6-16(2)7-9-17/h6-9,11,13-14,19H,3-5,10,12,15H2,1-2H3,(H,26,27,31). The Kier molecular flexibility index (Phi) is 7.62. The number of amides is 1. The second-order valence-electron chi connectivity index (χ2n) is 8.45. The van der Waals surface area contributed by atoms with Gasteiger partial charge in [-0.2, -0.15) is 0 Å². The zero-order chi connectivity index (χ0) is 24.2. The van der Waals surface area contributed by atoms with E-state index in [-0.39, 0.29) is 17.8 Å². The summed E-state index contributed by atoms with van der Waals surface area (Å²) in [5.74, 6) is 0.950. The van der Waals surface area contributed by atoms with Crippen LogP contribution in [-0.2, 0) is 22.5 Å². The van der Waals surface area contributed by atoms with Gasteiger partial charge in [-0.25, -0.2) is 4.98 Å². The topological polar surface area (TPSA) is 81.9 Å². The monoisotopic (exact) mass is 525 g/mol. The fraction of sp³-hybridized carbons (Fsp3) is 0.360. The number of ether oxygens (including phenoxy) is 1. The summed E-state index contributed by atoms with van der Waals surface area (Å²) in [4.78, 5) is 18.6. The molecule has 4 aromatic rings. The van der Waals surface area contributed by atoms with E-state index >= 15 is 0 Å². The molecule has 1 saturated heterocycles. The van der Waals surface area contributed by atoms with Crippen LogP contribution in [0.2, 0.25) is 0 Å². The fourth-order valence-electron chi connectivity index (χ4n) is 3.92. The van der Waals surface area contributed by atoms with Crippen LogP contribution in [0.1, 0.15) is 30.2 Å². The van der Waals surface area contributed by atoms with Gasteiger partial charge in [-0.15, -0.1) is 32.9 Å². The highest BCUT2D eigenvalue weighted by Gasteiger charge is 2.23. The van der Waals surface area contributed by atoms with Crippen LogP contribution in [-0.4, -0.2) is 44.1 Å². The lowest BCUT2D eigenvalue weighted by Crippen LogP contribution is -2.18. The van der Waals surface area contributed by atoms with Crippen molar-refractivity contribution in [2.75, 3.05) is 17.7 Å². The van der Waals surface area contributed by atoms with E-state index in [0.29, 0.717) is 11.7 Å². The molecule has 0 aliphatic carbocycles. The van der Waals surface area contributed by atoms with Crippen molar-refractivity contribution in [2.45, 2.75) is 50.9 Å². The third-order valence-corrected chi connectivity index (χ3v) is 8.62. The van der Waals surface area contributed by atoms with E-state index in [9.17, 15) is 4.79 Å². The van der Waals surface area contributed by atoms with Gasteiger partial charge in [0.2, 0.25) is 5.91 Å². The van der Waals surface area contributed by atoms with E-state index in [1.807, 2.05) is 17.5 Å². The molecule has 10 heteroatoms. The van der Waals surface area contributed by atoms with E-state index in [2.05, 4.69) is 62.5 Å². The van der Waals surface area contributed by atoms with Crippen molar-refractivity contribution in [3.63, 3.8) is 0 Å². The molecule has 35 heavy (non-hydrogen) atoms. The third-order valence-electron chi connectivity index (χ3n) is 5.82. The predicted molar refractivity (Wildman–Crippen MR) is 143 cm³/mol. The molecule has 7 nitrogen and oxygen atoms in total. The van der Waals surface area contributed by atoms with Gasteiger partial charge < -0.3 is 10.1 Å². The van der Waals surface area contributed by atoms with Crippen LogP contribution in [0.5, 0.6) is 0 Å². The van der Waals surface area contributed by atoms with Crippen molar-refractivity contribution in [1.82, 2.24) is 19.7 Å². The number of benzene rings is 1. The highest BCUT2D eigenvalue weighted by Crippen LogP contribution is 2.30. The normalized spacial score (nSPS) is 15.5. The molecule has 3 aromatic heterocycles. The second kappa shape index (κ2) is 11.0. The molecule has 0 saturated carbocycles. The zero-order valence-electron chi connectivity index (χ0n) is 19.7. The van der Waals surface area contributed by atoms with E-state index < -0.39 is 0 Å². The van der Waals surface area contributed by atoms with Crippen LogP contribution in [0.3, 0.4) is 0 Å². The fourth-order valence-corrected chi connectivity index (χ4v) is 6.22. The van der Waals surface area contributed by atoms with Gasteiger partial charge in [0.25, 0.3) is 0 Å². The molecule has 5 rings (SSSR count). The predicted octanol–water partition coefficient (Wildman–Crippen LogP) is 5.91. The molecule has 1 aliphatic heterocycles. The Labute approximate surface area is 217 Å². The minimum atomic E-state index is -0.114. The Morgan fingerprint density at radius 1 is 1.20 bits per heavy atom. The summed E-state index contributed by atoms with van der Waals surface area (Å²) >= 11 is 4.56. The first-order valence-electron chi connectivity index (χ1n) is 11.7. The Morgan fingerprint density at radius 3 is 2.80 bits per heavy atom. The van der Waals surface area contributed by atoms with Gasteiger partial charge >= 0.3 is 0 Å². The number of aryl methyl sites for hydroxylation is 2. The van der Waals surface area contributed by atoms with Crippen LogP contribution in [0.4, 0.5) is 5.13 Å². The lowest BCUT2D eigenvalue weighted by molar-refractivity contribution is -0.113. The number of thiophene rings is 1. The highest BCUT2D eigenvalue weighted by atomic mass is 32.2. The molecule has 1 N–H and O–H groups in total. The SMILES string of the molecule is CCc1cc(-c2nnc(SCC(=O)Nc3nc(-c4ccc(C)cc4)cs3)n2CC2CCCO2)cs1. The van der Waals surface area contributed by atoms with E-state index in [4.69, 9.17) is 4.74 Å². The number of nitrogens with one attached hydrogen (secondary N) is 1. The first kappa shape index (κ1) is 24.2. The first-order chi connectivity index (χ1) is 17.1. The van der Waals surface area contributed by atoms with Crippen LogP contribution in [0, 0.1) is 6.92 Å². The summed E-state index contributed by atoms with van der Waals surface area (Å²) in [5, 5.41) is 17.3. The Balaban J connectivity index is 1.26. The average Bonchev–Trinajstić information content (AvgIpc) is 3.66. The molecule has 0 radical (unpaired) electrons. The summed E-state index contributed by atoms with van der Waals surface area (Å²) in [5.41, 5.74) is 4.17. The molecule has 0 spiro atoms. The molecule has 1 atom stereocenters. The Morgan fingerprint density at radius 2 is 2.06 bits per heavy atom. The summed E-state index contributed by atoms with van der Waals surface area (Å²) in [6.45, 7) is 5.69. The van der Waals surface area contributed by atoms with Crippen molar-refractivity contribution in [3.05, 3.63) is 51.5 Å². The van der Waals surface area contributed by atoms with E-state index in [1.165, 1.54) is 33.5 Å². The number of aromatic nitrogens is 4. The molecule has 1 amide bonds. The number of hydrogen-bond acceptors (Lipinski definition) is 8. The number of rotatable bonds is 9. The van der Waals surface area contributed by atoms with Gasteiger partial charge in [0.1, 0.15) is 0 Å². The zero-order valence-corrected chi connectivity index (χ0v) is 22.1. The number of hydrogen-bond donors (Lipinski definition) is 1. The van der Waals surface area contributed by atoms with E-state index in [0.717, 1.165) is 53.7 Å². The molecule has 1 fully saturated rings. The van der Waals surface area contributed by atoms with Crippen LogP contribution in [0.25, 0.3) is 22.6 Å². The minimum absolute atomic E-state index is 0.114. The second-order valence-corrected chi connectivity index (χ2v) is 11.2. The molecule has 1 aromatic carbocycles. The average molecular weight is 526 g/mol. The molecule has 4 heterocycles. The molecule has 1 aliphatic rings. The van der Waals surface area contributed by atoms with Gasteiger partial charge in [0.05, 0.1) is 24.1 Å². The van der Waals surface area contributed by atoms with Crippen molar-refractivity contribution in [1.29, 1.82) is 0 Å². The summed E-state index contributed by atoms with van der Waals surface area (Å²) < 4.78 is 7.98. The highest BCUT2D eigenvalue weighted by molar-refractivity contribution is 7.99. The summed E-state index contributed by atoms with van der Waals surface area (Å²) in [7, 11) is 0. The van der Waals surface area contributed by atoms with Crippen molar-refractivity contribution >= 4 is 45.5 Å². The minimum Gasteiger partial charge on any atom is -0.376 e. The van der Waals surface area contributed by atoms with Crippen molar-refractivity contribution < 1.29 is 9.53 Å². The van der Waals surface area contributed by atoms with Gasteiger partial charge in [-0.05, 0) is 32.3 Å². The van der Waals surface area contributed by atoms with Crippen LogP contribution in [0.15, 0.2) is 46.2 Å². The lowest BCUT2D eigenvalue weighted by atomic mass is 10.1. The Bertz CT molecular complexity index is 1290. The smallest absolute Gasteiger partial charge is 0.236 e. The largest absolute Gasteiger partial charge is 0.376 e. The maximum Gasteiger partial charge on any atom is 0.236 e. The summed E-state index contributed by atoms with van der Waals surface area (Å²) in [6, 6.07) is 10.4. The number of thiazole rings is 1. The quantitative estimate of drug-likeness (QED) is 0.274. The number of anilines is 1. The van der Waals surface area contributed by atoms with Crippen LogP contribution < -0.4 is 5.32 Å². The number of thioether (sulfide) groups is 1. The Hall–Kier alpha value is -2.53. The molecular weight excluding hydrogens is 499 g/mol. The van der Waals surface area contributed by atoms with Gasteiger partial charge in [-0.1, -0.05) is 48.5 Å². The lowest BCUT2D eigenvalue weighted by Gasteiger charge is -2.14. The first-order valence-corrected chi connectivity index (χ1v) is 14.4. The van der Waals surface area contributed by atoms with Gasteiger partial charge in [-0.3, -0.25) is 9.36 Å². The summed E-state index contributed by atoms with van der Waals surface area (Å²) in [6.07, 6.45) is 3.25. The molecule has 0 bridgehead atoms. The van der Waals surface area contributed by atoms with Gasteiger partial charge in [0.15, 0.2) is 16.1 Å². The van der Waals surface area contributed by atoms with E-state index in [1.54, 1.807) is 11.3 Å². The van der Waals surface area contributed by atoms with Crippen molar-refractivity contribution in [2.24, 2.45) is 0 Å². The maximum atomic E-state index is 12.7. The molecule has 182 valence electrons. The van der Waals surface area contributed by atoms with Crippen LogP contribution >= 0.6 is 34.4 Å². The number of carbonyl (C=O) groups excluding carboxylic acids is 1. The third kappa shape index (κ3) is 5.83. The maximum absolute atomic E-state index is 12.7. The van der Waals surface area contributed by atoms with Crippen molar-refractivity contribution in [3.8, 4) is 22.6 Å². The molecule has 1 unspecified atom stereocenters. The number of carbonyl (C=O) groups is 1.